The molecule has 2 aromatic rings. The number of hydrogen-bond acceptors (Lipinski definition) is 10. The number of carbonyl (C=O) groups is 3. The van der Waals surface area contributed by atoms with Crippen LogP contribution in [0, 0.1) is 22.2 Å². The molecule has 4 atom stereocenters. The van der Waals surface area contributed by atoms with Gasteiger partial charge in [-0.1, -0.05) is 54.5 Å². The molecule has 10 heteroatoms. The lowest BCUT2D eigenvalue weighted by Crippen LogP contribution is -2.73. The fraction of sp³-hybridized carbons (Fsp3) is 0.486. The lowest BCUT2D eigenvalue weighted by Gasteiger charge is -2.64. The Morgan fingerprint density at radius 2 is 1.64 bits per heavy atom. The summed E-state index contributed by atoms with van der Waals surface area (Å²) in [7, 11) is 1.45. The molecular weight excluding hydrogens is 602 g/mol. The molecule has 0 amide bonds. The Morgan fingerprint density at radius 3 is 2.17 bits per heavy atom. The summed E-state index contributed by atoms with van der Waals surface area (Å²) in [4.78, 5) is 41.5. The number of carbonyl (C=O) groups excluding carboxylic acids is 3. The summed E-state index contributed by atoms with van der Waals surface area (Å²) in [6.45, 7) is 13.9. The van der Waals surface area contributed by atoms with Gasteiger partial charge in [-0.15, -0.1) is 0 Å². The number of methoxy groups -OCH3 is 1. The minimum absolute atomic E-state index is 0.00992. The summed E-state index contributed by atoms with van der Waals surface area (Å²) in [5.74, 6) is -4.52. The highest BCUT2D eigenvalue weighted by Gasteiger charge is 2.76. The molecule has 1 fully saturated rings. The van der Waals surface area contributed by atoms with Crippen LogP contribution in [0.2, 0.25) is 0 Å². The van der Waals surface area contributed by atoms with Gasteiger partial charge in [0.25, 0.3) is 0 Å². The van der Waals surface area contributed by atoms with Gasteiger partial charge in [0, 0.05) is 28.4 Å². The fourth-order valence-electron chi connectivity index (χ4n) is 8.59. The van der Waals surface area contributed by atoms with E-state index in [-0.39, 0.29) is 53.6 Å². The van der Waals surface area contributed by atoms with Crippen molar-refractivity contribution >= 4 is 28.8 Å². The first-order valence-electron chi connectivity index (χ1n) is 15.9. The lowest BCUT2D eigenvalue weighted by atomic mass is 9.39. The van der Waals surface area contributed by atoms with Crippen molar-refractivity contribution in [2.24, 2.45) is 22.2 Å². The van der Waals surface area contributed by atoms with Crippen molar-refractivity contribution < 1.29 is 44.7 Å². The predicted molar refractivity (Wildman–Crippen MR) is 177 cm³/mol. The zero-order chi connectivity index (χ0) is 35.2. The maximum Gasteiger partial charge on any atom is 0.209 e. The zero-order valence-electron chi connectivity index (χ0n) is 28.5. The zero-order valence-corrected chi connectivity index (χ0v) is 28.5. The van der Waals surface area contributed by atoms with Crippen LogP contribution in [0.1, 0.15) is 90.0 Å². The highest BCUT2D eigenvalue weighted by molar-refractivity contribution is 6.33. The molecule has 0 aliphatic heterocycles. The van der Waals surface area contributed by atoms with E-state index in [0.29, 0.717) is 16.9 Å². The number of aliphatic hydroxyl groups excluding tert-OH is 2. The smallest absolute Gasteiger partial charge is 0.209 e. The number of phenols is 2. The van der Waals surface area contributed by atoms with E-state index in [0.717, 1.165) is 12.5 Å². The number of aromatic hydroxyl groups is 2. The maximum atomic E-state index is 14.7. The van der Waals surface area contributed by atoms with Gasteiger partial charge in [-0.3, -0.25) is 14.4 Å². The number of ether oxygens (including phenoxy) is 1. The van der Waals surface area contributed by atoms with Crippen LogP contribution in [0.5, 0.6) is 17.2 Å². The third-order valence-corrected chi connectivity index (χ3v) is 11.5. The Bertz CT molecular complexity index is 1800. The summed E-state index contributed by atoms with van der Waals surface area (Å²) in [5, 5.41) is 61.0. The molecular formula is C37H45NO9. The second kappa shape index (κ2) is 10.9. The predicted octanol–water partition coefficient (Wildman–Crippen LogP) is 6.03. The van der Waals surface area contributed by atoms with Gasteiger partial charge in [0.15, 0.2) is 22.9 Å². The summed E-state index contributed by atoms with van der Waals surface area (Å²) in [5.41, 5.74) is -5.21. The van der Waals surface area contributed by atoms with Crippen LogP contribution in [-0.2, 0) is 27.3 Å². The average molecular weight is 648 g/mol. The number of ketones is 3. The number of phenolic OH excluding ortho intramolecular Hbond substituents is 2. The van der Waals surface area contributed by atoms with Crippen LogP contribution in [0.4, 0.5) is 5.69 Å². The van der Waals surface area contributed by atoms with E-state index in [2.05, 4.69) is 5.32 Å². The Balaban J connectivity index is 1.72. The largest absolute Gasteiger partial charge is 0.511 e. The monoisotopic (exact) mass is 647 g/mol. The van der Waals surface area contributed by atoms with Crippen molar-refractivity contribution in [3.05, 3.63) is 63.4 Å². The van der Waals surface area contributed by atoms with Crippen LogP contribution in [-0.4, -0.2) is 55.6 Å². The van der Waals surface area contributed by atoms with Gasteiger partial charge < -0.3 is 35.6 Å². The van der Waals surface area contributed by atoms with Crippen LogP contribution in [0.25, 0.3) is 5.76 Å². The average Bonchev–Trinajstić information content (AvgIpc) is 2.97. The van der Waals surface area contributed by atoms with E-state index in [1.54, 1.807) is 46.8 Å². The molecule has 2 aromatic carbocycles. The Morgan fingerprint density at radius 1 is 1.00 bits per heavy atom. The maximum absolute atomic E-state index is 14.7. The van der Waals surface area contributed by atoms with Gasteiger partial charge in [-0.25, -0.2) is 0 Å². The summed E-state index contributed by atoms with van der Waals surface area (Å²) < 4.78 is 5.12. The van der Waals surface area contributed by atoms with E-state index >= 15 is 0 Å². The van der Waals surface area contributed by atoms with E-state index in [1.165, 1.54) is 13.2 Å². The number of allylic oxidation sites excluding steroid dienone is 1. The van der Waals surface area contributed by atoms with Gasteiger partial charge in [0.2, 0.25) is 11.6 Å². The summed E-state index contributed by atoms with van der Waals surface area (Å²) in [6.07, 6.45) is 0.204. The van der Waals surface area contributed by atoms with Gasteiger partial charge in [-0.2, -0.15) is 0 Å². The third kappa shape index (κ3) is 4.36. The first-order chi connectivity index (χ1) is 21.7. The van der Waals surface area contributed by atoms with E-state index in [1.807, 2.05) is 19.9 Å². The molecule has 0 heterocycles. The van der Waals surface area contributed by atoms with Crippen LogP contribution in [0.15, 0.2) is 41.2 Å². The molecule has 0 unspecified atom stereocenters. The number of nitrogens with one attached hydrogen (secondary N) is 1. The van der Waals surface area contributed by atoms with Crippen molar-refractivity contribution in [2.45, 2.75) is 86.3 Å². The number of aliphatic hydroxyl groups is 3. The molecule has 1 saturated carbocycles. The van der Waals surface area contributed by atoms with Crippen LogP contribution in [0.3, 0.4) is 0 Å². The highest BCUT2D eigenvalue weighted by Crippen LogP contribution is 2.69. The molecule has 5 rings (SSSR count). The van der Waals surface area contributed by atoms with Crippen molar-refractivity contribution in [3.8, 4) is 17.2 Å². The first kappa shape index (κ1) is 34.0. The minimum Gasteiger partial charge on any atom is -0.511 e. The Kier molecular flexibility index (Phi) is 7.87. The topological polar surface area (TPSA) is 174 Å². The lowest BCUT2D eigenvalue weighted by molar-refractivity contribution is -0.197. The third-order valence-electron chi connectivity index (χ3n) is 11.5. The molecule has 47 heavy (non-hydrogen) atoms. The summed E-state index contributed by atoms with van der Waals surface area (Å²) >= 11 is 0. The number of Topliss-reactive ketones (excluding diaryl/α,β-unsaturated/α-hetero) is 3. The molecule has 6 N–H and O–H groups in total. The van der Waals surface area contributed by atoms with Crippen molar-refractivity contribution in [2.75, 3.05) is 12.4 Å². The van der Waals surface area contributed by atoms with E-state index in [9.17, 15) is 39.9 Å². The molecule has 252 valence electrons. The fourth-order valence-corrected chi connectivity index (χ4v) is 8.59. The SMILES string of the molecule is COc1ccc(CNc2cc(C(C)C)c3c(c2O)C(O)=C2C(=O)[C@@]4(O)C(=O)C(C(C)=O)=C(O)[C@@](C)(C(C)C)[C@@]4(C)C[C@@]2(C)C3)cc1O. The van der Waals surface area contributed by atoms with Crippen molar-refractivity contribution in [1.29, 1.82) is 0 Å². The van der Waals surface area contributed by atoms with E-state index < -0.39 is 62.2 Å². The van der Waals surface area contributed by atoms with Gasteiger partial charge in [0.1, 0.15) is 22.8 Å². The second-order valence-corrected chi connectivity index (χ2v) is 14.7. The van der Waals surface area contributed by atoms with E-state index in [4.69, 9.17) is 4.74 Å². The van der Waals surface area contributed by atoms with Crippen LogP contribution < -0.4 is 10.1 Å². The van der Waals surface area contributed by atoms with Crippen molar-refractivity contribution in [3.63, 3.8) is 0 Å². The van der Waals surface area contributed by atoms with Gasteiger partial charge in [0.05, 0.1) is 18.4 Å². The highest BCUT2D eigenvalue weighted by atomic mass is 16.5. The molecule has 3 aliphatic rings. The minimum atomic E-state index is -2.78. The second-order valence-electron chi connectivity index (χ2n) is 14.7. The first-order valence-corrected chi connectivity index (χ1v) is 15.9. The number of benzene rings is 2. The Labute approximate surface area is 274 Å². The molecule has 0 bridgehead atoms. The molecule has 0 spiro atoms. The normalized spacial score (nSPS) is 28.8. The standard InChI is InChI=1S/C37H45NO9/c1-17(2)21-13-23(38-15-20-10-11-25(47-9)24(40)12-20)29(41)27-22(21)14-34(6)16-35(7)36(8,18(3)4)31(43)26(19(5)39)32(44)37(35,46)33(45)28(34)30(27)42/h10-13,17-18,38,40-43,46H,14-16H2,1-9H3/t34-,35-,36-,37+/m1/s1. The van der Waals surface area contributed by atoms with Gasteiger partial charge in [-0.05, 0) is 66.5 Å². The molecule has 0 saturated heterocycles. The Hall–Kier alpha value is -4.31. The quantitative estimate of drug-likeness (QED) is 0.118. The van der Waals surface area contributed by atoms with Crippen molar-refractivity contribution in [1.82, 2.24) is 0 Å². The number of rotatable bonds is 7. The molecule has 0 radical (unpaired) electrons. The number of hydrogen-bond donors (Lipinski definition) is 6. The molecule has 10 nitrogen and oxygen atoms in total. The number of fused-ring (bicyclic) bond motifs is 3. The summed E-state index contributed by atoms with van der Waals surface area (Å²) in [6, 6.07) is 6.71. The molecule has 0 aromatic heterocycles. The molecule has 3 aliphatic carbocycles. The van der Waals surface area contributed by atoms with Gasteiger partial charge >= 0.3 is 0 Å². The number of anilines is 1. The van der Waals surface area contributed by atoms with Crippen LogP contribution >= 0.6 is 0 Å².